The van der Waals surface area contributed by atoms with Crippen molar-refractivity contribution in [3.63, 3.8) is 0 Å². The van der Waals surface area contributed by atoms with E-state index in [0.29, 0.717) is 10.9 Å². The smallest absolute Gasteiger partial charge is 0.258 e. The van der Waals surface area contributed by atoms with Gasteiger partial charge in [0.05, 0.1) is 10.5 Å². The second-order valence-corrected chi connectivity index (χ2v) is 3.17. The zero-order valence-corrected chi connectivity index (χ0v) is 8.47. The molecule has 0 heterocycles. The second-order valence-electron chi connectivity index (χ2n) is 2.61. The van der Waals surface area contributed by atoms with Crippen molar-refractivity contribution >= 4 is 21.6 Å². The maximum Gasteiger partial charge on any atom is 0.275 e. The zero-order chi connectivity index (χ0) is 10.0. The molecule has 70 valence electrons. The molecule has 3 nitrogen and oxygen atoms in total. The number of hydrogen-bond acceptors (Lipinski definition) is 2. The van der Waals surface area contributed by atoms with Crippen LogP contribution in [0.4, 0.5) is 10.1 Å². The lowest BCUT2D eigenvalue weighted by atomic mass is 10.1. The molecule has 0 aliphatic rings. The van der Waals surface area contributed by atoms with Gasteiger partial charge in [-0.2, -0.15) is 0 Å². The Morgan fingerprint density at radius 2 is 2.23 bits per heavy atom. The number of benzene rings is 1. The van der Waals surface area contributed by atoms with Gasteiger partial charge in [0.15, 0.2) is 0 Å². The number of nitro benzene ring substituents is 1. The summed E-state index contributed by atoms with van der Waals surface area (Å²) < 4.78 is 13.1. The standard InChI is InChI=1S/C8H7BrFNO2/c1-5-7(10)2-6(4-9)3-8(5)11(12)13/h2-3H,4H2,1H3. The summed E-state index contributed by atoms with van der Waals surface area (Å²) in [6, 6.07) is 2.66. The van der Waals surface area contributed by atoms with Crippen molar-refractivity contribution in [2.75, 3.05) is 0 Å². The first kappa shape index (κ1) is 10.1. The number of nitro groups is 1. The third-order valence-corrected chi connectivity index (χ3v) is 2.38. The van der Waals surface area contributed by atoms with Gasteiger partial charge in [0.25, 0.3) is 5.69 Å². The molecule has 0 aliphatic carbocycles. The van der Waals surface area contributed by atoms with Gasteiger partial charge in [-0.15, -0.1) is 0 Å². The zero-order valence-electron chi connectivity index (χ0n) is 6.88. The third-order valence-electron chi connectivity index (χ3n) is 1.73. The first-order valence-corrected chi connectivity index (χ1v) is 4.67. The Balaban J connectivity index is 3.33. The van der Waals surface area contributed by atoms with Gasteiger partial charge in [0.2, 0.25) is 0 Å². The Kier molecular flexibility index (Phi) is 2.98. The summed E-state index contributed by atoms with van der Waals surface area (Å²) >= 11 is 3.11. The van der Waals surface area contributed by atoms with Crippen LogP contribution in [0.3, 0.4) is 0 Å². The summed E-state index contributed by atoms with van der Waals surface area (Å²) in [7, 11) is 0. The van der Waals surface area contributed by atoms with E-state index in [0.717, 1.165) is 0 Å². The van der Waals surface area contributed by atoms with Gasteiger partial charge in [-0.1, -0.05) is 15.9 Å². The summed E-state index contributed by atoms with van der Waals surface area (Å²) in [6.45, 7) is 1.39. The molecule has 1 aromatic carbocycles. The maximum atomic E-state index is 13.1. The first-order valence-electron chi connectivity index (χ1n) is 3.55. The van der Waals surface area contributed by atoms with Crippen LogP contribution in [0.5, 0.6) is 0 Å². The minimum atomic E-state index is -0.579. The number of alkyl halides is 1. The number of hydrogen-bond donors (Lipinski definition) is 0. The van der Waals surface area contributed by atoms with Crippen LogP contribution in [-0.2, 0) is 5.33 Å². The lowest BCUT2D eigenvalue weighted by molar-refractivity contribution is -0.385. The topological polar surface area (TPSA) is 43.1 Å². The fraction of sp³-hybridized carbons (Fsp3) is 0.250. The molecule has 13 heavy (non-hydrogen) atoms. The molecule has 0 atom stereocenters. The second kappa shape index (κ2) is 3.83. The molecule has 0 saturated heterocycles. The van der Waals surface area contributed by atoms with Gasteiger partial charge in [0, 0.05) is 11.4 Å². The van der Waals surface area contributed by atoms with Crippen molar-refractivity contribution < 1.29 is 9.31 Å². The molecule has 0 spiro atoms. The molecule has 0 unspecified atom stereocenters. The van der Waals surface area contributed by atoms with Gasteiger partial charge in [-0.25, -0.2) is 4.39 Å². The predicted molar refractivity (Wildman–Crippen MR) is 50.4 cm³/mol. The van der Waals surface area contributed by atoms with E-state index in [1.807, 2.05) is 0 Å². The normalized spacial score (nSPS) is 10.1. The van der Waals surface area contributed by atoms with Crippen molar-refractivity contribution in [3.8, 4) is 0 Å². The molecule has 0 bridgehead atoms. The van der Waals surface area contributed by atoms with Gasteiger partial charge < -0.3 is 0 Å². The average molecular weight is 248 g/mol. The molecular formula is C8H7BrFNO2. The van der Waals surface area contributed by atoms with Crippen molar-refractivity contribution in [2.45, 2.75) is 12.3 Å². The largest absolute Gasteiger partial charge is 0.275 e. The van der Waals surface area contributed by atoms with Gasteiger partial charge in [-0.3, -0.25) is 10.1 Å². The molecule has 5 heteroatoms. The van der Waals surface area contributed by atoms with E-state index in [4.69, 9.17) is 0 Å². The Hall–Kier alpha value is -0.970. The van der Waals surface area contributed by atoms with Crippen molar-refractivity contribution in [3.05, 3.63) is 39.2 Å². The monoisotopic (exact) mass is 247 g/mol. The highest BCUT2D eigenvalue weighted by Crippen LogP contribution is 2.23. The highest BCUT2D eigenvalue weighted by Gasteiger charge is 2.15. The summed E-state index contributed by atoms with van der Waals surface area (Å²) in [5, 5.41) is 10.9. The SMILES string of the molecule is Cc1c(F)cc(CBr)cc1[N+](=O)[O-]. The Morgan fingerprint density at radius 3 is 2.69 bits per heavy atom. The van der Waals surface area contributed by atoms with E-state index in [2.05, 4.69) is 15.9 Å². The Labute approximate surface area is 82.8 Å². The fourth-order valence-corrected chi connectivity index (χ4v) is 1.31. The summed E-state index contributed by atoms with van der Waals surface area (Å²) in [5.74, 6) is -0.538. The van der Waals surface area contributed by atoms with E-state index in [1.54, 1.807) is 0 Å². The van der Waals surface area contributed by atoms with Crippen molar-refractivity contribution in [2.24, 2.45) is 0 Å². The fourth-order valence-electron chi connectivity index (χ4n) is 0.986. The number of nitrogens with zero attached hydrogens (tertiary/aromatic N) is 1. The molecule has 1 aromatic rings. The van der Waals surface area contributed by atoms with E-state index < -0.39 is 10.7 Å². The minimum absolute atomic E-state index is 0.0784. The third kappa shape index (κ3) is 2.03. The van der Waals surface area contributed by atoms with E-state index in [9.17, 15) is 14.5 Å². The lowest BCUT2D eigenvalue weighted by Gasteiger charge is -2.01. The summed E-state index contributed by atoms with van der Waals surface area (Å²) in [4.78, 5) is 9.89. The first-order chi connectivity index (χ1) is 6.06. The molecular weight excluding hydrogens is 241 g/mol. The van der Waals surface area contributed by atoms with Crippen molar-refractivity contribution in [1.29, 1.82) is 0 Å². The quantitative estimate of drug-likeness (QED) is 0.458. The maximum absolute atomic E-state index is 13.1. The van der Waals surface area contributed by atoms with E-state index in [-0.39, 0.29) is 11.3 Å². The molecule has 0 N–H and O–H groups in total. The highest BCUT2D eigenvalue weighted by molar-refractivity contribution is 9.08. The average Bonchev–Trinajstić information content (AvgIpc) is 2.09. The van der Waals surface area contributed by atoms with Crippen LogP contribution >= 0.6 is 15.9 Å². The summed E-state index contributed by atoms with van der Waals surface area (Å²) in [6.07, 6.45) is 0. The van der Waals surface area contributed by atoms with E-state index >= 15 is 0 Å². The number of halogens is 2. The van der Waals surface area contributed by atoms with Gasteiger partial charge in [0.1, 0.15) is 5.82 Å². The van der Waals surface area contributed by atoms with Crippen LogP contribution in [0, 0.1) is 22.9 Å². The van der Waals surface area contributed by atoms with E-state index in [1.165, 1.54) is 19.1 Å². The molecule has 0 fully saturated rings. The molecule has 0 amide bonds. The highest BCUT2D eigenvalue weighted by atomic mass is 79.9. The van der Waals surface area contributed by atoms with Crippen LogP contribution in [0.15, 0.2) is 12.1 Å². The van der Waals surface area contributed by atoms with Crippen LogP contribution in [0.2, 0.25) is 0 Å². The van der Waals surface area contributed by atoms with Crippen LogP contribution in [0.1, 0.15) is 11.1 Å². The molecule has 0 saturated carbocycles. The summed E-state index contributed by atoms with van der Waals surface area (Å²) in [5.41, 5.74) is 0.471. The molecule has 1 rings (SSSR count). The molecule has 0 radical (unpaired) electrons. The Bertz CT molecular complexity index is 354. The van der Waals surface area contributed by atoms with Crippen LogP contribution in [-0.4, -0.2) is 4.92 Å². The van der Waals surface area contributed by atoms with Crippen LogP contribution < -0.4 is 0 Å². The van der Waals surface area contributed by atoms with Crippen molar-refractivity contribution in [1.82, 2.24) is 0 Å². The van der Waals surface area contributed by atoms with Gasteiger partial charge in [-0.05, 0) is 18.6 Å². The lowest BCUT2D eigenvalue weighted by Crippen LogP contribution is -1.96. The Morgan fingerprint density at radius 1 is 1.62 bits per heavy atom. The predicted octanol–water partition coefficient (Wildman–Crippen LogP) is 2.94. The van der Waals surface area contributed by atoms with Crippen LogP contribution in [0.25, 0.3) is 0 Å². The van der Waals surface area contributed by atoms with Gasteiger partial charge >= 0.3 is 0 Å². The minimum Gasteiger partial charge on any atom is -0.258 e. The number of rotatable bonds is 2. The molecule has 0 aromatic heterocycles. The molecule has 0 aliphatic heterocycles.